The normalized spacial score (nSPS) is 16.9. The molecule has 3 heterocycles. The van der Waals surface area contributed by atoms with Crippen molar-refractivity contribution >= 4 is 79.2 Å². The summed E-state index contributed by atoms with van der Waals surface area (Å²) in [4.78, 5) is 5.26. The zero-order valence-corrected chi connectivity index (χ0v) is 45.6. The summed E-state index contributed by atoms with van der Waals surface area (Å²) < 4.78 is 7.06. The van der Waals surface area contributed by atoms with E-state index in [1.807, 2.05) is 0 Å². The Morgan fingerprint density at radius 1 is 0.400 bits per heavy atom. The number of benzene rings is 9. The number of furan rings is 1. The van der Waals surface area contributed by atoms with E-state index < -0.39 is 0 Å². The Balaban J connectivity index is 1.15. The Kier molecular flexibility index (Phi) is 9.38. The zero-order valence-electron chi connectivity index (χ0n) is 45.6. The third-order valence-corrected chi connectivity index (χ3v) is 18.5. The third kappa shape index (κ3) is 6.23. The predicted octanol–water partition coefficient (Wildman–Crippen LogP) is 16.9. The molecule has 0 N–H and O–H groups in total. The highest BCUT2D eigenvalue weighted by atomic mass is 16.3. The second kappa shape index (κ2) is 15.3. The van der Waals surface area contributed by atoms with E-state index in [0.717, 1.165) is 27.6 Å². The lowest BCUT2D eigenvalue weighted by atomic mass is 9.32. The molecule has 0 saturated carbocycles. The minimum absolute atomic E-state index is 0.0542. The molecule has 75 heavy (non-hydrogen) atoms. The van der Waals surface area contributed by atoms with Gasteiger partial charge in [0.25, 0.3) is 6.71 Å². The van der Waals surface area contributed by atoms with Crippen molar-refractivity contribution in [3.8, 4) is 11.1 Å². The lowest BCUT2D eigenvalue weighted by molar-refractivity contribution is 0.521. The maximum absolute atomic E-state index is 7.06. The Morgan fingerprint density at radius 3 is 1.40 bits per heavy atom. The molecule has 3 nitrogen and oxygen atoms in total. The third-order valence-electron chi connectivity index (χ3n) is 18.5. The van der Waals surface area contributed by atoms with Crippen molar-refractivity contribution in [2.24, 2.45) is 0 Å². The second-order valence-corrected chi connectivity index (χ2v) is 25.4. The molecule has 0 atom stereocenters. The van der Waals surface area contributed by atoms with Gasteiger partial charge in [-0.15, -0.1) is 0 Å². The van der Waals surface area contributed by atoms with Crippen molar-refractivity contribution in [1.82, 2.24) is 0 Å². The van der Waals surface area contributed by atoms with Gasteiger partial charge < -0.3 is 14.2 Å². The number of hydrogen-bond donors (Lipinski definition) is 0. The molecule has 0 unspecified atom stereocenters. The Bertz CT molecular complexity index is 4090. The van der Waals surface area contributed by atoms with Crippen molar-refractivity contribution in [3.63, 3.8) is 0 Å². The summed E-state index contributed by atoms with van der Waals surface area (Å²) in [5.74, 6) is 0. The highest BCUT2D eigenvalue weighted by Gasteiger charge is 2.50. The van der Waals surface area contributed by atoms with Crippen molar-refractivity contribution < 1.29 is 4.42 Å². The van der Waals surface area contributed by atoms with Crippen molar-refractivity contribution in [3.05, 3.63) is 232 Å². The molecule has 14 rings (SSSR count). The molecule has 10 aromatic rings. The first-order valence-electron chi connectivity index (χ1n) is 27.2. The van der Waals surface area contributed by atoms with Crippen LogP contribution in [0.4, 0.5) is 34.1 Å². The molecule has 4 aliphatic rings. The van der Waals surface area contributed by atoms with Crippen molar-refractivity contribution in [2.75, 3.05) is 9.80 Å². The Morgan fingerprint density at radius 2 is 0.867 bits per heavy atom. The number of fused-ring (bicyclic) bond motifs is 11. The van der Waals surface area contributed by atoms with Gasteiger partial charge in [0.05, 0.1) is 11.4 Å². The Hall–Kier alpha value is -7.56. The maximum Gasteiger partial charge on any atom is 0.252 e. The maximum atomic E-state index is 7.06. The van der Waals surface area contributed by atoms with E-state index in [4.69, 9.17) is 4.42 Å². The van der Waals surface area contributed by atoms with E-state index in [9.17, 15) is 0 Å². The number of para-hydroxylation sites is 2. The lowest BCUT2D eigenvalue weighted by Crippen LogP contribution is -2.62. The van der Waals surface area contributed by atoms with Crippen LogP contribution >= 0.6 is 0 Å². The topological polar surface area (TPSA) is 19.6 Å². The molecule has 0 amide bonds. The van der Waals surface area contributed by atoms with E-state index in [0.29, 0.717) is 0 Å². The van der Waals surface area contributed by atoms with Gasteiger partial charge in [-0.2, -0.15) is 0 Å². The summed E-state index contributed by atoms with van der Waals surface area (Å²) in [5, 5.41) is 2.25. The molecular formula is C71H65BN2O. The van der Waals surface area contributed by atoms with Crippen LogP contribution in [0.5, 0.6) is 0 Å². The van der Waals surface area contributed by atoms with Crippen LogP contribution in [0.1, 0.15) is 132 Å². The molecule has 9 aromatic carbocycles. The molecule has 4 heteroatoms. The van der Waals surface area contributed by atoms with Gasteiger partial charge in [-0.05, 0) is 138 Å². The monoisotopic (exact) mass is 973 g/mol. The molecule has 0 fully saturated rings. The smallest absolute Gasteiger partial charge is 0.252 e. The average Bonchev–Trinajstić information content (AvgIpc) is 3.82. The minimum Gasteiger partial charge on any atom is -0.454 e. The fraction of sp³-hybridized carbons (Fsp3) is 0.239. The highest BCUT2D eigenvalue weighted by Crippen LogP contribution is 2.56. The van der Waals surface area contributed by atoms with Gasteiger partial charge in [0.15, 0.2) is 5.58 Å². The standard InChI is InChI=1S/C71H65BN2O/c1-42-35-62-65-63(36-42)74(59-31-22-26-46-45-25-16-21-32-64(45)75-66(46)59)61-41-55-53(69(7,8)49-28-18-20-30-51(49)71(55,11)12)39-57(61)72(65)56-38-52-54(70(9,10)50-29-19-17-27-48(50)68(52,5)6)40-60(56)73(62)58-34-33-44(67(2,3)4)37-47(58)43-23-14-13-15-24-43/h13-41H,1-12H3. The van der Waals surface area contributed by atoms with Crippen LogP contribution in [0.2, 0.25) is 0 Å². The van der Waals surface area contributed by atoms with Crippen molar-refractivity contribution in [2.45, 2.75) is 110 Å². The van der Waals surface area contributed by atoms with E-state index in [-0.39, 0.29) is 33.8 Å². The van der Waals surface area contributed by atoms with E-state index in [1.165, 1.54) is 112 Å². The lowest BCUT2D eigenvalue weighted by Gasteiger charge is -2.49. The van der Waals surface area contributed by atoms with Gasteiger partial charge in [0.1, 0.15) is 5.58 Å². The quantitative estimate of drug-likeness (QED) is 0.165. The van der Waals surface area contributed by atoms with Crippen LogP contribution < -0.4 is 26.2 Å². The summed E-state index contributed by atoms with van der Waals surface area (Å²) in [7, 11) is 0. The first-order chi connectivity index (χ1) is 35.8. The van der Waals surface area contributed by atoms with Gasteiger partial charge >= 0.3 is 0 Å². The summed E-state index contributed by atoms with van der Waals surface area (Å²) in [6.45, 7) is 28.8. The van der Waals surface area contributed by atoms with Crippen LogP contribution in [-0.4, -0.2) is 6.71 Å². The Labute approximate surface area is 444 Å². The number of nitrogens with zero attached hydrogens (tertiary/aromatic N) is 2. The van der Waals surface area contributed by atoms with Crippen LogP contribution in [0.25, 0.3) is 33.1 Å². The van der Waals surface area contributed by atoms with Crippen LogP contribution in [0.3, 0.4) is 0 Å². The SMILES string of the molecule is Cc1cc2c3c(c1)N(c1cccc4c1oc1ccccc14)c1cc4c(cc1B3c1cc3c(cc1N2c1ccc(C(C)(C)C)cc1-c1ccccc1)C(C)(C)c1ccccc1C3(C)C)C(C)(C)c1ccccc1C4(C)C. The molecule has 0 saturated heterocycles. The molecular weight excluding hydrogens is 908 g/mol. The van der Waals surface area contributed by atoms with Gasteiger partial charge in [-0.1, -0.05) is 204 Å². The fourth-order valence-electron chi connectivity index (χ4n) is 14.5. The highest BCUT2D eigenvalue weighted by molar-refractivity contribution is 7.00. The fourth-order valence-corrected chi connectivity index (χ4v) is 14.5. The molecule has 0 radical (unpaired) electrons. The van der Waals surface area contributed by atoms with Gasteiger partial charge in [-0.25, -0.2) is 0 Å². The molecule has 1 aromatic heterocycles. The first-order valence-corrected chi connectivity index (χ1v) is 27.2. The number of aryl methyl sites for hydroxylation is 1. The summed E-state index contributed by atoms with van der Waals surface area (Å²) in [6, 6.07) is 67.5. The number of hydrogen-bond acceptors (Lipinski definition) is 3. The predicted molar refractivity (Wildman–Crippen MR) is 318 cm³/mol. The van der Waals surface area contributed by atoms with E-state index in [2.05, 4.69) is 269 Å². The molecule has 2 aliphatic carbocycles. The minimum atomic E-state index is -0.262. The number of anilines is 6. The van der Waals surface area contributed by atoms with E-state index >= 15 is 0 Å². The summed E-state index contributed by atoms with van der Waals surface area (Å²) in [5.41, 5.74) is 27.9. The number of rotatable bonds is 3. The van der Waals surface area contributed by atoms with Gasteiger partial charge in [0.2, 0.25) is 0 Å². The zero-order chi connectivity index (χ0) is 51.9. The van der Waals surface area contributed by atoms with Crippen LogP contribution in [0.15, 0.2) is 180 Å². The van der Waals surface area contributed by atoms with Gasteiger partial charge in [0, 0.05) is 60.7 Å². The molecule has 0 spiro atoms. The van der Waals surface area contributed by atoms with E-state index in [1.54, 1.807) is 0 Å². The molecule has 368 valence electrons. The van der Waals surface area contributed by atoms with Crippen LogP contribution in [0, 0.1) is 6.92 Å². The van der Waals surface area contributed by atoms with Crippen LogP contribution in [-0.2, 0) is 27.1 Å². The molecule has 0 bridgehead atoms. The second-order valence-electron chi connectivity index (χ2n) is 25.4. The average molecular weight is 973 g/mol. The molecule has 2 aliphatic heterocycles. The summed E-state index contributed by atoms with van der Waals surface area (Å²) in [6.07, 6.45) is 0. The van der Waals surface area contributed by atoms with Crippen molar-refractivity contribution in [1.29, 1.82) is 0 Å². The largest absolute Gasteiger partial charge is 0.454 e. The summed E-state index contributed by atoms with van der Waals surface area (Å²) >= 11 is 0. The van der Waals surface area contributed by atoms with Gasteiger partial charge in [-0.3, -0.25) is 0 Å². The first kappa shape index (κ1) is 46.0.